The molecule has 6 nitrogen and oxygen atoms in total. The Morgan fingerprint density at radius 1 is 1.45 bits per heavy atom. The number of nitrogens with zero attached hydrogens (tertiary/aromatic N) is 2. The number of aromatic nitrogens is 1. The first kappa shape index (κ1) is 14.6. The number of likely N-dealkylation sites (tertiary alicyclic amines) is 1. The van der Waals surface area contributed by atoms with Gasteiger partial charge in [0.05, 0.1) is 5.69 Å². The second-order valence-corrected chi connectivity index (χ2v) is 5.41. The highest BCUT2D eigenvalue weighted by Gasteiger charge is 2.45. The van der Waals surface area contributed by atoms with Crippen molar-refractivity contribution in [1.29, 1.82) is 0 Å². The van der Waals surface area contributed by atoms with E-state index in [1.54, 1.807) is 13.8 Å². The highest BCUT2D eigenvalue weighted by atomic mass is 16.5. The molecule has 1 atom stereocenters. The number of carbonyl (C=O) groups excluding carboxylic acids is 1. The molecule has 1 amide bonds. The van der Waals surface area contributed by atoms with Gasteiger partial charge in [-0.3, -0.25) is 4.79 Å². The SMILES string of the molecule is CCc1noc(C)c1C(=O)N1CCCCC1(C)C(=O)O. The topological polar surface area (TPSA) is 83.6 Å². The summed E-state index contributed by atoms with van der Waals surface area (Å²) >= 11 is 0. The van der Waals surface area contributed by atoms with E-state index < -0.39 is 11.5 Å². The number of carboxylic acids is 1. The Kier molecular flexibility index (Phi) is 3.83. The lowest BCUT2D eigenvalue weighted by atomic mass is 9.87. The minimum absolute atomic E-state index is 0.287. The summed E-state index contributed by atoms with van der Waals surface area (Å²) in [6.07, 6.45) is 2.69. The second kappa shape index (κ2) is 5.26. The van der Waals surface area contributed by atoms with E-state index in [1.165, 1.54) is 4.90 Å². The Bertz CT molecular complexity index is 537. The van der Waals surface area contributed by atoms with Gasteiger partial charge in [-0.1, -0.05) is 12.1 Å². The molecule has 0 saturated carbocycles. The van der Waals surface area contributed by atoms with E-state index in [4.69, 9.17) is 4.52 Å². The standard InChI is InChI=1S/C14H20N2O4/c1-4-10-11(9(2)20-15-10)12(17)16-8-6-5-7-14(16,3)13(18)19/h4-8H2,1-3H3,(H,18,19). The van der Waals surface area contributed by atoms with Gasteiger partial charge in [-0.25, -0.2) is 4.79 Å². The van der Waals surface area contributed by atoms with Crippen LogP contribution in [0.3, 0.4) is 0 Å². The molecule has 1 aliphatic rings. The Morgan fingerprint density at radius 3 is 2.75 bits per heavy atom. The first-order valence-corrected chi connectivity index (χ1v) is 6.92. The third-order valence-corrected chi connectivity index (χ3v) is 4.08. The van der Waals surface area contributed by atoms with Gasteiger partial charge in [-0.15, -0.1) is 0 Å². The maximum Gasteiger partial charge on any atom is 0.329 e. The van der Waals surface area contributed by atoms with Crippen molar-refractivity contribution in [2.75, 3.05) is 6.54 Å². The molecule has 0 aromatic carbocycles. The van der Waals surface area contributed by atoms with Gasteiger partial charge in [0.2, 0.25) is 0 Å². The number of rotatable bonds is 3. The maximum atomic E-state index is 12.7. The third kappa shape index (κ3) is 2.19. The van der Waals surface area contributed by atoms with Gasteiger partial charge in [0.15, 0.2) is 0 Å². The van der Waals surface area contributed by atoms with Gasteiger partial charge < -0.3 is 14.5 Å². The lowest BCUT2D eigenvalue weighted by Crippen LogP contribution is -2.57. The normalized spacial score (nSPS) is 22.9. The van der Waals surface area contributed by atoms with E-state index in [-0.39, 0.29) is 5.91 Å². The molecule has 1 fully saturated rings. The van der Waals surface area contributed by atoms with Crippen molar-refractivity contribution in [3.63, 3.8) is 0 Å². The average molecular weight is 280 g/mol. The van der Waals surface area contributed by atoms with E-state index in [0.29, 0.717) is 36.4 Å². The third-order valence-electron chi connectivity index (χ3n) is 4.08. The zero-order chi connectivity index (χ0) is 14.9. The molecular weight excluding hydrogens is 260 g/mol. The van der Waals surface area contributed by atoms with Gasteiger partial charge >= 0.3 is 5.97 Å². The molecule has 2 rings (SSSR count). The number of hydrogen-bond acceptors (Lipinski definition) is 4. The lowest BCUT2D eigenvalue weighted by Gasteiger charge is -2.41. The van der Waals surface area contributed by atoms with Crippen LogP contribution >= 0.6 is 0 Å². The fourth-order valence-electron chi connectivity index (χ4n) is 2.74. The first-order valence-electron chi connectivity index (χ1n) is 6.92. The van der Waals surface area contributed by atoms with Gasteiger partial charge in [0, 0.05) is 6.54 Å². The summed E-state index contributed by atoms with van der Waals surface area (Å²) in [6, 6.07) is 0. The van der Waals surface area contributed by atoms with Crippen LogP contribution in [0.15, 0.2) is 4.52 Å². The molecule has 0 aliphatic carbocycles. The van der Waals surface area contributed by atoms with Gasteiger partial charge in [-0.05, 0) is 39.5 Å². The number of hydrogen-bond donors (Lipinski definition) is 1. The molecule has 20 heavy (non-hydrogen) atoms. The number of carboxylic acid groups (broad SMARTS) is 1. The van der Waals surface area contributed by atoms with Crippen molar-refractivity contribution in [2.24, 2.45) is 0 Å². The minimum atomic E-state index is -1.15. The monoisotopic (exact) mass is 280 g/mol. The van der Waals surface area contributed by atoms with Crippen LogP contribution < -0.4 is 0 Å². The van der Waals surface area contributed by atoms with E-state index in [9.17, 15) is 14.7 Å². The zero-order valence-corrected chi connectivity index (χ0v) is 12.1. The van der Waals surface area contributed by atoms with Crippen molar-refractivity contribution < 1.29 is 19.2 Å². The molecule has 1 N–H and O–H groups in total. The zero-order valence-electron chi connectivity index (χ0n) is 12.1. The molecule has 1 aromatic heterocycles. The van der Waals surface area contributed by atoms with E-state index in [2.05, 4.69) is 5.16 Å². The molecule has 0 radical (unpaired) electrons. The van der Waals surface area contributed by atoms with Crippen LogP contribution in [-0.2, 0) is 11.2 Å². The Hall–Kier alpha value is -1.85. The van der Waals surface area contributed by atoms with Crippen molar-refractivity contribution in [3.8, 4) is 0 Å². The number of piperidine rings is 1. The largest absolute Gasteiger partial charge is 0.480 e. The predicted molar refractivity (Wildman–Crippen MR) is 71.5 cm³/mol. The van der Waals surface area contributed by atoms with Crippen LogP contribution in [0, 0.1) is 6.92 Å². The summed E-state index contributed by atoms with van der Waals surface area (Å²) in [7, 11) is 0. The molecule has 0 spiro atoms. The number of carbonyl (C=O) groups is 2. The summed E-state index contributed by atoms with van der Waals surface area (Å²) < 4.78 is 5.08. The van der Waals surface area contributed by atoms with Gasteiger partial charge in [-0.2, -0.15) is 0 Å². The van der Waals surface area contributed by atoms with Gasteiger partial charge in [0.25, 0.3) is 5.91 Å². The van der Waals surface area contributed by atoms with E-state index in [1.807, 2.05) is 6.92 Å². The molecule has 0 bridgehead atoms. The van der Waals surface area contributed by atoms with Crippen molar-refractivity contribution >= 4 is 11.9 Å². The van der Waals surface area contributed by atoms with Crippen LogP contribution in [-0.4, -0.2) is 39.1 Å². The summed E-state index contributed by atoms with van der Waals surface area (Å²) in [5.41, 5.74) is -0.142. The fourth-order valence-corrected chi connectivity index (χ4v) is 2.74. The summed E-state index contributed by atoms with van der Waals surface area (Å²) in [5.74, 6) is -0.798. The van der Waals surface area contributed by atoms with Crippen LogP contribution in [0.2, 0.25) is 0 Å². The summed E-state index contributed by atoms with van der Waals surface area (Å²) in [4.78, 5) is 25.8. The highest BCUT2D eigenvalue weighted by molar-refractivity contribution is 5.99. The van der Waals surface area contributed by atoms with Crippen molar-refractivity contribution in [1.82, 2.24) is 10.1 Å². The Morgan fingerprint density at radius 2 is 2.15 bits per heavy atom. The first-order chi connectivity index (χ1) is 9.41. The molecule has 1 aromatic rings. The van der Waals surface area contributed by atoms with Crippen molar-refractivity contribution in [2.45, 2.75) is 52.0 Å². The highest BCUT2D eigenvalue weighted by Crippen LogP contribution is 2.31. The summed E-state index contributed by atoms with van der Waals surface area (Å²) in [6.45, 7) is 5.64. The quantitative estimate of drug-likeness (QED) is 0.915. The number of aryl methyl sites for hydroxylation is 2. The molecular formula is C14H20N2O4. The fraction of sp³-hybridized carbons (Fsp3) is 0.643. The average Bonchev–Trinajstić information content (AvgIpc) is 2.79. The van der Waals surface area contributed by atoms with E-state index >= 15 is 0 Å². The van der Waals surface area contributed by atoms with Gasteiger partial charge in [0.1, 0.15) is 16.9 Å². The van der Waals surface area contributed by atoms with Crippen molar-refractivity contribution in [3.05, 3.63) is 17.0 Å². The molecule has 1 aliphatic heterocycles. The molecule has 2 heterocycles. The van der Waals surface area contributed by atoms with Crippen LogP contribution in [0.1, 0.15) is 54.9 Å². The molecule has 6 heteroatoms. The van der Waals surface area contributed by atoms with Crippen LogP contribution in [0.5, 0.6) is 0 Å². The minimum Gasteiger partial charge on any atom is -0.480 e. The van der Waals surface area contributed by atoms with Crippen LogP contribution in [0.4, 0.5) is 0 Å². The Labute approximate surface area is 117 Å². The lowest BCUT2D eigenvalue weighted by molar-refractivity contribution is -0.150. The molecule has 1 unspecified atom stereocenters. The number of amides is 1. The predicted octanol–water partition coefficient (Wildman–Crippen LogP) is 2.01. The number of aliphatic carboxylic acids is 1. The maximum absolute atomic E-state index is 12.7. The molecule has 1 saturated heterocycles. The van der Waals surface area contributed by atoms with E-state index in [0.717, 1.165) is 12.8 Å². The van der Waals surface area contributed by atoms with Crippen LogP contribution in [0.25, 0.3) is 0 Å². The second-order valence-electron chi connectivity index (χ2n) is 5.41. The summed E-state index contributed by atoms with van der Waals surface area (Å²) in [5, 5.41) is 13.3. The Balaban J connectivity index is 2.40. The smallest absolute Gasteiger partial charge is 0.329 e. The molecule has 110 valence electrons.